The molecule has 0 fully saturated rings. The van der Waals surface area contributed by atoms with Crippen LogP contribution in [0.15, 0.2) is 53.6 Å². The molecule has 0 radical (unpaired) electrons. The highest BCUT2D eigenvalue weighted by atomic mass is 16.5. The van der Waals surface area contributed by atoms with Gasteiger partial charge in [-0.3, -0.25) is 0 Å². The molecule has 0 amide bonds. The van der Waals surface area contributed by atoms with Gasteiger partial charge >= 0.3 is 5.97 Å². The van der Waals surface area contributed by atoms with Gasteiger partial charge < -0.3 is 19.2 Å². The number of methoxy groups -OCH3 is 1. The van der Waals surface area contributed by atoms with Crippen LogP contribution >= 0.6 is 0 Å². The lowest BCUT2D eigenvalue weighted by atomic mass is 10.1. The third-order valence-corrected chi connectivity index (χ3v) is 3.99. The van der Waals surface area contributed by atoms with Crippen molar-refractivity contribution < 1.29 is 18.7 Å². The summed E-state index contributed by atoms with van der Waals surface area (Å²) in [4.78, 5) is 16.2. The van der Waals surface area contributed by atoms with Gasteiger partial charge in [0, 0.05) is 19.8 Å². The van der Waals surface area contributed by atoms with E-state index in [0.717, 1.165) is 22.8 Å². The van der Waals surface area contributed by atoms with E-state index in [9.17, 15) is 4.79 Å². The summed E-state index contributed by atoms with van der Waals surface area (Å²) >= 11 is 0. The highest BCUT2D eigenvalue weighted by molar-refractivity contribution is 5.76. The average Bonchev–Trinajstić information content (AvgIpc) is 2.99. The Kier molecular flexibility index (Phi) is 7.67. The molecule has 0 aliphatic rings. The number of benzene rings is 1. The van der Waals surface area contributed by atoms with Crippen LogP contribution < -0.4 is 10.1 Å². The van der Waals surface area contributed by atoms with E-state index >= 15 is 0 Å². The van der Waals surface area contributed by atoms with Gasteiger partial charge in [0.15, 0.2) is 5.89 Å². The maximum Gasteiger partial charge on any atom is 0.328 e. The molecule has 1 aromatic heterocycles. The summed E-state index contributed by atoms with van der Waals surface area (Å²) in [6.45, 7) is 7.85. The third kappa shape index (κ3) is 6.33. The lowest BCUT2D eigenvalue weighted by Crippen LogP contribution is -2.36. The molecule has 1 N–H and O–H groups in total. The van der Waals surface area contributed by atoms with Crippen molar-refractivity contribution in [1.29, 1.82) is 0 Å². The molecule has 27 heavy (non-hydrogen) atoms. The minimum atomic E-state index is -0.462. The summed E-state index contributed by atoms with van der Waals surface area (Å²) in [5.74, 6) is 1.95. The number of hydrogen-bond donors (Lipinski definition) is 1. The van der Waals surface area contributed by atoms with Gasteiger partial charge in [-0.05, 0) is 36.9 Å². The number of aryl methyl sites for hydroxylation is 2. The predicted molar refractivity (Wildman–Crippen MR) is 104 cm³/mol. The van der Waals surface area contributed by atoms with E-state index in [2.05, 4.69) is 16.9 Å². The minimum absolute atomic E-state index is 0.317. The van der Waals surface area contributed by atoms with Crippen molar-refractivity contribution in [3.8, 4) is 5.75 Å². The summed E-state index contributed by atoms with van der Waals surface area (Å²) in [5, 5.41) is 3.02. The second kappa shape index (κ2) is 10.2. The van der Waals surface area contributed by atoms with Crippen molar-refractivity contribution >= 4 is 5.97 Å². The first kappa shape index (κ1) is 20.3. The molecule has 6 heteroatoms. The van der Waals surface area contributed by atoms with Crippen LogP contribution in [0.3, 0.4) is 0 Å². The van der Waals surface area contributed by atoms with Gasteiger partial charge in [-0.25, -0.2) is 9.78 Å². The largest absolute Gasteiger partial charge is 0.493 e. The van der Waals surface area contributed by atoms with Crippen molar-refractivity contribution in [1.82, 2.24) is 10.3 Å². The van der Waals surface area contributed by atoms with Crippen LogP contribution in [0.5, 0.6) is 5.75 Å². The van der Waals surface area contributed by atoms with Crippen LogP contribution in [0.1, 0.15) is 22.9 Å². The summed E-state index contributed by atoms with van der Waals surface area (Å²) in [7, 11) is 1.38. The first-order valence-corrected chi connectivity index (χ1v) is 8.79. The molecule has 1 heterocycles. The Labute approximate surface area is 159 Å². The van der Waals surface area contributed by atoms with E-state index in [-0.39, 0.29) is 5.97 Å². The molecule has 1 aromatic carbocycles. The number of allylic oxidation sites excluding steroid dienone is 2. The monoisotopic (exact) mass is 370 g/mol. The maximum atomic E-state index is 11.9. The minimum Gasteiger partial charge on any atom is -0.493 e. The zero-order valence-electron chi connectivity index (χ0n) is 16.0. The number of nitrogens with one attached hydrogen (secondary N) is 1. The van der Waals surface area contributed by atoms with E-state index in [1.807, 2.05) is 38.1 Å². The van der Waals surface area contributed by atoms with Gasteiger partial charge in [0.25, 0.3) is 0 Å². The van der Waals surface area contributed by atoms with Crippen LogP contribution in [0.4, 0.5) is 0 Å². The molecule has 2 aromatic rings. The van der Waals surface area contributed by atoms with Crippen molar-refractivity contribution in [3.63, 3.8) is 0 Å². The molecule has 0 aliphatic heterocycles. The van der Waals surface area contributed by atoms with Crippen molar-refractivity contribution in [2.24, 2.45) is 0 Å². The van der Waals surface area contributed by atoms with E-state index in [4.69, 9.17) is 13.9 Å². The number of ether oxygens (including phenoxy) is 2. The molecular weight excluding hydrogens is 344 g/mol. The molecule has 0 aliphatic carbocycles. The van der Waals surface area contributed by atoms with E-state index in [1.165, 1.54) is 7.11 Å². The second-order valence-electron chi connectivity index (χ2n) is 6.02. The summed E-state index contributed by atoms with van der Waals surface area (Å²) in [5.41, 5.74) is 1.92. The first-order valence-electron chi connectivity index (χ1n) is 8.79. The van der Waals surface area contributed by atoms with Crippen molar-refractivity contribution in [2.45, 2.75) is 32.7 Å². The molecule has 0 saturated heterocycles. The number of rotatable bonds is 10. The molecule has 0 bridgehead atoms. The smallest absolute Gasteiger partial charge is 0.328 e. The third-order valence-electron chi connectivity index (χ3n) is 3.99. The SMILES string of the molecule is C=C/C=C\NC(Cc1ccc(OCCc2nc(C)oc2C)cc1)C(=O)OC. The van der Waals surface area contributed by atoms with Gasteiger partial charge in [-0.1, -0.05) is 24.8 Å². The Morgan fingerprint density at radius 2 is 2.07 bits per heavy atom. The number of hydrogen-bond acceptors (Lipinski definition) is 6. The standard InChI is InChI=1S/C21H26N2O4/c1-5-6-12-22-20(21(24)25-4)14-17-7-9-18(10-8-17)26-13-11-19-15(2)27-16(3)23-19/h5-10,12,20,22H,1,11,13-14H2,2-4H3/b12-6-. The highest BCUT2D eigenvalue weighted by Gasteiger charge is 2.18. The molecular formula is C21H26N2O4. The highest BCUT2D eigenvalue weighted by Crippen LogP contribution is 2.15. The number of carbonyl (C=O) groups is 1. The van der Waals surface area contributed by atoms with Crippen LogP contribution in [-0.4, -0.2) is 30.7 Å². The summed E-state index contributed by atoms with van der Waals surface area (Å²) < 4.78 is 16.0. The topological polar surface area (TPSA) is 73.6 Å². The van der Waals surface area contributed by atoms with Crippen LogP contribution in [0.25, 0.3) is 0 Å². The molecule has 2 rings (SSSR count). The first-order chi connectivity index (χ1) is 13.0. The molecule has 1 unspecified atom stereocenters. The maximum absolute atomic E-state index is 11.9. The van der Waals surface area contributed by atoms with E-state index in [0.29, 0.717) is 25.3 Å². The summed E-state index contributed by atoms with van der Waals surface area (Å²) in [6, 6.07) is 7.20. The van der Waals surface area contributed by atoms with Gasteiger partial charge in [0.2, 0.25) is 0 Å². The van der Waals surface area contributed by atoms with Gasteiger partial charge in [-0.2, -0.15) is 0 Å². The van der Waals surface area contributed by atoms with Crippen molar-refractivity contribution in [2.75, 3.05) is 13.7 Å². The Hall–Kier alpha value is -3.02. The normalized spacial score (nSPS) is 12.0. The van der Waals surface area contributed by atoms with Crippen molar-refractivity contribution in [3.05, 3.63) is 72.1 Å². The van der Waals surface area contributed by atoms with Gasteiger partial charge in [0.1, 0.15) is 17.6 Å². The Balaban J connectivity index is 1.89. The van der Waals surface area contributed by atoms with E-state index in [1.54, 1.807) is 18.4 Å². The Bertz CT molecular complexity index is 778. The number of oxazole rings is 1. The van der Waals surface area contributed by atoms with Crippen LogP contribution in [-0.2, 0) is 22.4 Å². The lowest BCUT2D eigenvalue weighted by molar-refractivity contribution is -0.142. The number of aromatic nitrogens is 1. The molecule has 0 saturated carbocycles. The lowest BCUT2D eigenvalue weighted by Gasteiger charge is -2.15. The quantitative estimate of drug-likeness (QED) is 0.511. The average molecular weight is 370 g/mol. The van der Waals surface area contributed by atoms with Gasteiger partial charge in [-0.15, -0.1) is 0 Å². The molecule has 0 spiro atoms. The fraction of sp³-hybridized carbons (Fsp3) is 0.333. The zero-order chi connectivity index (χ0) is 19.6. The Morgan fingerprint density at radius 1 is 1.33 bits per heavy atom. The second-order valence-corrected chi connectivity index (χ2v) is 6.02. The number of nitrogens with zero attached hydrogens (tertiary/aromatic N) is 1. The van der Waals surface area contributed by atoms with Gasteiger partial charge in [0.05, 0.1) is 19.4 Å². The number of esters is 1. The summed E-state index contributed by atoms with van der Waals surface area (Å²) in [6.07, 6.45) is 6.24. The molecule has 1 atom stereocenters. The number of carbonyl (C=O) groups excluding carboxylic acids is 1. The zero-order valence-corrected chi connectivity index (χ0v) is 16.0. The fourth-order valence-electron chi connectivity index (χ4n) is 2.62. The Morgan fingerprint density at radius 3 is 2.67 bits per heavy atom. The van der Waals surface area contributed by atoms with Crippen LogP contribution in [0.2, 0.25) is 0 Å². The van der Waals surface area contributed by atoms with E-state index < -0.39 is 6.04 Å². The predicted octanol–water partition coefficient (Wildman–Crippen LogP) is 3.29. The van der Waals surface area contributed by atoms with Crippen LogP contribution in [0, 0.1) is 13.8 Å². The molecule has 6 nitrogen and oxygen atoms in total. The fourth-order valence-corrected chi connectivity index (χ4v) is 2.62. The molecule has 144 valence electrons.